The van der Waals surface area contributed by atoms with E-state index in [1.807, 2.05) is 35.6 Å². The summed E-state index contributed by atoms with van der Waals surface area (Å²) in [6, 6.07) is 4.62. The molecule has 2 aromatic heterocycles. The second-order valence-corrected chi connectivity index (χ2v) is 4.69. The second kappa shape index (κ2) is 4.96. The maximum Gasteiger partial charge on any atom is 0.203 e. The summed E-state index contributed by atoms with van der Waals surface area (Å²) in [6.07, 6.45) is 3.83. The van der Waals surface area contributed by atoms with Crippen molar-refractivity contribution < 1.29 is 4.39 Å². The van der Waals surface area contributed by atoms with Crippen molar-refractivity contribution in [2.45, 2.75) is 20.0 Å². The lowest BCUT2D eigenvalue weighted by Gasteiger charge is -2.04. The number of benzene rings is 1. The van der Waals surface area contributed by atoms with Crippen LogP contribution in [-0.2, 0) is 20.1 Å². The van der Waals surface area contributed by atoms with E-state index >= 15 is 0 Å². The van der Waals surface area contributed by atoms with Crippen LogP contribution in [0.2, 0.25) is 0 Å². The minimum Gasteiger partial charge on any atom is -0.351 e. The molecule has 104 valence electrons. The molecular formula is C14H16FN5. The lowest BCUT2D eigenvalue weighted by molar-refractivity contribution is 0.629. The predicted octanol–water partition coefficient (Wildman–Crippen LogP) is 2.54. The van der Waals surface area contributed by atoms with Crippen molar-refractivity contribution in [1.29, 1.82) is 0 Å². The average Bonchev–Trinajstić information content (AvgIpc) is 3.01. The lowest BCUT2D eigenvalue weighted by atomic mass is 10.3. The summed E-state index contributed by atoms with van der Waals surface area (Å²) in [4.78, 5) is 4.40. The Morgan fingerprint density at radius 1 is 1.35 bits per heavy atom. The van der Waals surface area contributed by atoms with Crippen molar-refractivity contribution in [2.75, 3.05) is 5.32 Å². The van der Waals surface area contributed by atoms with Gasteiger partial charge in [-0.1, -0.05) is 0 Å². The maximum absolute atomic E-state index is 13.2. The third-order valence-electron chi connectivity index (χ3n) is 3.30. The molecule has 5 nitrogen and oxygen atoms in total. The van der Waals surface area contributed by atoms with E-state index in [0.717, 1.165) is 23.6 Å². The number of fused-ring (bicyclic) bond motifs is 1. The Balaban J connectivity index is 1.82. The van der Waals surface area contributed by atoms with Crippen molar-refractivity contribution in [3.8, 4) is 0 Å². The van der Waals surface area contributed by atoms with Crippen LogP contribution in [0.3, 0.4) is 0 Å². The van der Waals surface area contributed by atoms with Crippen LogP contribution < -0.4 is 5.32 Å². The maximum atomic E-state index is 13.2. The molecular weight excluding hydrogens is 257 g/mol. The molecule has 0 aliphatic carbocycles. The van der Waals surface area contributed by atoms with Gasteiger partial charge in [-0.05, 0) is 19.1 Å². The summed E-state index contributed by atoms with van der Waals surface area (Å²) in [5.74, 6) is 0.446. The lowest BCUT2D eigenvalue weighted by Crippen LogP contribution is -2.04. The van der Waals surface area contributed by atoms with Crippen LogP contribution in [0.4, 0.5) is 10.3 Å². The summed E-state index contributed by atoms with van der Waals surface area (Å²) < 4.78 is 17.0. The fourth-order valence-electron chi connectivity index (χ4n) is 2.18. The molecule has 0 amide bonds. The van der Waals surface area contributed by atoms with Gasteiger partial charge in [-0.25, -0.2) is 9.37 Å². The number of rotatable bonds is 4. The van der Waals surface area contributed by atoms with E-state index in [9.17, 15) is 4.39 Å². The van der Waals surface area contributed by atoms with Gasteiger partial charge in [0.25, 0.3) is 0 Å². The van der Waals surface area contributed by atoms with E-state index in [0.29, 0.717) is 12.1 Å². The Morgan fingerprint density at radius 2 is 2.20 bits per heavy atom. The number of hydrogen-bond donors (Lipinski definition) is 1. The van der Waals surface area contributed by atoms with E-state index in [4.69, 9.17) is 0 Å². The molecule has 3 aromatic rings. The summed E-state index contributed by atoms with van der Waals surface area (Å²) in [7, 11) is 1.91. The molecule has 3 rings (SSSR count). The van der Waals surface area contributed by atoms with Gasteiger partial charge < -0.3 is 9.88 Å². The van der Waals surface area contributed by atoms with Gasteiger partial charge in [-0.15, -0.1) is 0 Å². The monoisotopic (exact) mass is 273 g/mol. The van der Waals surface area contributed by atoms with E-state index in [2.05, 4.69) is 15.4 Å². The van der Waals surface area contributed by atoms with E-state index in [1.165, 1.54) is 12.1 Å². The number of anilines is 1. The first-order valence-electron chi connectivity index (χ1n) is 6.54. The quantitative estimate of drug-likeness (QED) is 0.794. The number of hydrogen-bond acceptors (Lipinski definition) is 3. The first-order valence-corrected chi connectivity index (χ1v) is 6.54. The van der Waals surface area contributed by atoms with Gasteiger partial charge in [-0.3, -0.25) is 4.68 Å². The standard InChI is InChI=1S/C14H16FN5/c1-3-20-9-10(8-17-20)7-16-14-18-12-6-11(15)4-5-13(12)19(14)2/h4-6,8-9H,3,7H2,1-2H3,(H,16,18). The molecule has 0 spiro atoms. The van der Waals surface area contributed by atoms with Crippen molar-refractivity contribution in [1.82, 2.24) is 19.3 Å². The van der Waals surface area contributed by atoms with Crippen LogP contribution in [0.5, 0.6) is 0 Å². The molecule has 0 fully saturated rings. The topological polar surface area (TPSA) is 47.7 Å². The van der Waals surface area contributed by atoms with Gasteiger partial charge in [0.2, 0.25) is 5.95 Å². The van der Waals surface area contributed by atoms with E-state index < -0.39 is 0 Å². The second-order valence-electron chi connectivity index (χ2n) is 4.69. The van der Waals surface area contributed by atoms with Gasteiger partial charge in [0, 0.05) is 38.0 Å². The fraction of sp³-hybridized carbons (Fsp3) is 0.286. The number of halogens is 1. The molecule has 0 atom stereocenters. The van der Waals surface area contributed by atoms with Gasteiger partial charge in [-0.2, -0.15) is 5.10 Å². The Bertz CT molecular complexity index is 743. The Hall–Kier alpha value is -2.37. The molecule has 0 aliphatic rings. The molecule has 0 bridgehead atoms. The normalized spacial score (nSPS) is 11.2. The number of imidazole rings is 1. The van der Waals surface area contributed by atoms with Crippen LogP contribution in [0, 0.1) is 5.82 Å². The highest BCUT2D eigenvalue weighted by Crippen LogP contribution is 2.19. The molecule has 0 radical (unpaired) electrons. The Labute approximate surface area is 116 Å². The first-order chi connectivity index (χ1) is 9.67. The minimum atomic E-state index is -0.272. The number of nitrogens with zero attached hydrogens (tertiary/aromatic N) is 4. The number of nitrogens with one attached hydrogen (secondary N) is 1. The molecule has 0 saturated heterocycles. The Morgan fingerprint density at radius 3 is 2.95 bits per heavy atom. The van der Waals surface area contributed by atoms with Gasteiger partial charge in [0.1, 0.15) is 5.82 Å². The highest BCUT2D eigenvalue weighted by molar-refractivity contribution is 5.78. The molecule has 6 heteroatoms. The van der Waals surface area contributed by atoms with Crippen LogP contribution in [-0.4, -0.2) is 19.3 Å². The minimum absolute atomic E-state index is 0.272. The molecule has 20 heavy (non-hydrogen) atoms. The van der Waals surface area contributed by atoms with Crippen molar-refractivity contribution in [3.63, 3.8) is 0 Å². The summed E-state index contributed by atoms with van der Waals surface area (Å²) in [5.41, 5.74) is 2.64. The van der Waals surface area contributed by atoms with Crippen LogP contribution in [0.25, 0.3) is 11.0 Å². The third kappa shape index (κ3) is 2.24. The predicted molar refractivity (Wildman–Crippen MR) is 75.9 cm³/mol. The zero-order valence-corrected chi connectivity index (χ0v) is 11.5. The van der Waals surface area contributed by atoms with Crippen LogP contribution in [0.15, 0.2) is 30.6 Å². The van der Waals surface area contributed by atoms with Gasteiger partial charge >= 0.3 is 0 Å². The highest BCUT2D eigenvalue weighted by atomic mass is 19.1. The zero-order valence-electron chi connectivity index (χ0n) is 11.5. The molecule has 1 aromatic carbocycles. The van der Waals surface area contributed by atoms with Crippen molar-refractivity contribution in [3.05, 3.63) is 42.0 Å². The first kappa shape index (κ1) is 12.7. The SMILES string of the molecule is CCn1cc(CNc2nc3cc(F)ccc3n2C)cn1. The molecule has 0 saturated carbocycles. The highest BCUT2D eigenvalue weighted by Gasteiger charge is 2.08. The van der Waals surface area contributed by atoms with Crippen LogP contribution >= 0.6 is 0 Å². The third-order valence-corrected chi connectivity index (χ3v) is 3.30. The molecule has 1 N–H and O–H groups in total. The largest absolute Gasteiger partial charge is 0.351 e. The average molecular weight is 273 g/mol. The van der Waals surface area contributed by atoms with Crippen molar-refractivity contribution >= 4 is 17.0 Å². The molecule has 0 aliphatic heterocycles. The Kier molecular flexibility index (Phi) is 3.14. The van der Waals surface area contributed by atoms with Gasteiger partial charge in [0.15, 0.2) is 0 Å². The summed E-state index contributed by atoms with van der Waals surface area (Å²) >= 11 is 0. The van der Waals surface area contributed by atoms with Crippen molar-refractivity contribution in [2.24, 2.45) is 7.05 Å². The fourth-order valence-corrected chi connectivity index (χ4v) is 2.18. The number of aryl methyl sites for hydroxylation is 2. The number of aromatic nitrogens is 4. The van der Waals surface area contributed by atoms with E-state index in [-0.39, 0.29) is 5.82 Å². The summed E-state index contributed by atoms with van der Waals surface area (Å²) in [6.45, 7) is 3.54. The van der Waals surface area contributed by atoms with Gasteiger partial charge in [0.05, 0.1) is 17.2 Å². The van der Waals surface area contributed by atoms with Crippen LogP contribution in [0.1, 0.15) is 12.5 Å². The zero-order chi connectivity index (χ0) is 14.1. The molecule has 0 unspecified atom stereocenters. The smallest absolute Gasteiger partial charge is 0.203 e. The summed E-state index contributed by atoms with van der Waals surface area (Å²) in [5, 5.41) is 7.48. The molecule has 2 heterocycles. The van der Waals surface area contributed by atoms with E-state index in [1.54, 1.807) is 6.07 Å².